The minimum Gasteiger partial charge on any atom is -0.508 e. The highest BCUT2D eigenvalue weighted by molar-refractivity contribution is 14.0. The maximum absolute atomic E-state index is 13.5. The van der Waals surface area contributed by atoms with Crippen molar-refractivity contribution in [3.8, 4) is 11.5 Å². The Morgan fingerprint density at radius 2 is 2.13 bits per heavy atom. The number of nitrogens with zero attached hydrogens (tertiary/aromatic N) is 2. The molecule has 30 heavy (non-hydrogen) atoms. The van der Waals surface area contributed by atoms with Crippen molar-refractivity contribution in [1.29, 1.82) is 0 Å². The third-order valence-corrected chi connectivity index (χ3v) is 5.14. The number of hydrogen-bond acceptors (Lipinski definition) is 4. The zero-order chi connectivity index (χ0) is 20.6. The van der Waals surface area contributed by atoms with E-state index in [-0.39, 0.29) is 41.6 Å². The van der Waals surface area contributed by atoms with Gasteiger partial charge < -0.3 is 25.4 Å². The van der Waals surface area contributed by atoms with E-state index in [4.69, 9.17) is 4.74 Å². The van der Waals surface area contributed by atoms with Crippen molar-refractivity contribution in [2.45, 2.75) is 25.3 Å². The van der Waals surface area contributed by atoms with Gasteiger partial charge in [0.15, 0.2) is 5.96 Å². The number of anilines is 1. The summed E-state index contributed by atoms with van der Waals surface area (Å²) in [6, 6.07) is 12.3. The van der Waals surface area contributed by atoms with Gasteiger partial charge in [-0.3, -0.25) is 4.99 Å². The number of methoxy groups -OCH3 is 1. The molecule has 1 aliphatic heterocycles. The number of aromatic hydroxyl groups is 1. The molecule has 0 saturated carbocycles. The molecule has 1 unspecified atom stereocenters. The molecular weight excluding hydrogens is 498 g/mol. The van der Waals surface area contributed by atoms with E-state index in [0.29, 0.717) is 18.7 Å². The molecule has 0 aliphatic carbocycles. The van der Waals surface area contributed by atoms with E-state index in [1.165, 1.54) is 6.07 Å². The van der Waals surface area contributed by atoms with Crippen LogP contribution < -0.4 is 20.3 Å². The third-order valence-electron chi connectivity index (χ3n) is 5.14. The lowest BCUT2D eigenvalue weighted by molar-refractivity contribution is 0.406. The second-order valence-electron chi connectivity index (χ2n) is 7.15. The minimum atomic E-state index is -0.211. The number of halogens is 2. The first-order valence-electron chi connectivity index (χ1n) is 9.92. The van der Waals surface area contributed by atoms with Crippen molar-refractivity contribution in [2.24, 2.45) is 4.99 Å². The molecule has 0 radical (unpaired) electrons. The Hall–Kier alpha value is -2.23. The predicted molar refractivity (Wildman–Crippen MR) is 130 cm³/mol. The van der Waals surface area contributed by atoms with Crippen LogP contribution in [0.5, 0.6) is 11.5 Å². The molecule has 0 amide bonds. The van der Waals surface area contributed by atoms with Gasteiger partial charge in [0.25, 0.3) is 0 Å². The van der Waals surface area contributed by atoms with E-state index >= 15 is 0 Å². The quantitative estimate of drug-likeness (QED) is 0.304. The molecule has 1 fully saturated rings. The largest absolute Gasteiger partial charge is 0.508 e. The number of ether oxygens (including phenoxy) is 1. The molecule has 6 nitrogen and oxygen atoms in total. The highest BCUT2D eigenvalue weighted by atomic mass is 127. The van der Waals surface area contributed by atoms with Crippen LogP contribution in [0.3, 0.4) is 0 Å². The molecule has 1 aliphatic rings. The summed E-state index contributed by atoms with van der Waals surface area (Å²) < 4.78 is 18.7. The average Bonchev–Trinajstić information content (AvgIpc) is 2.74. The van der Waals surface area contributed by atoms with Gasteiger partial charge in [-0.15, -0.1) is 24.0 Å². The summed E-state index contributed by atoms with van der Waals surface area (Å²) in [4.78, 5) is 6.51. The summed E-state index contributed by atoms with van der Waals surface area (Å²) in [5.74, 6) is 1.38. The van der Waals surface area contributed by atoms with Crippen LogP contribution in [0.15, 0.2) is 47.5 Å². The number of piperidine rings is 1. The SMILES string of the molecule is CN=C(NCCc1ccc(OC)cc1O)NC1CCCN(c2cccc(F)c2)C1.I. The van der Waals surface area contributed by atoms with Gasteiger partial charge in [0.05, 0.1) is 7.11 Å². The summed E-state index contributed by atoms with van der Waals surface area (Å²) in [7, 11) is 3.32. The first-order valence-corrected chi connectivity index (χ1v) is 9.92. The molecule has 1 saturated heterocycles. The topological polar surface area (TPSA) is 69.1 Å². The monoisotopic (exact) mass is 528 g/mol. The molecule has 0 aromatic heterocycles. The fraction of sp³-hybridized carbons (Fsp3) is 0.409. The number of hydrogen-bond donors (Lipinski definition) is 3. The number of phenolic OH excluding ortho intramolecular Hbond substituents is 1. The predicted octanol–water partition coefficient (Wildman–Crippen LogP) is 3.53. The third kappa shape index (κ3) is 6.65. The smallest absolute Gasteiger partial charge is 0.191 e. The summed E-state index contributed by atoms with van der Waals surface area (Å²) in [5.41, 5.74) is 1.76. The fourth-order valence-corrected chi connectivity index (χ4v) is 3.59. The Kier molecular flexibility index (Phi) is 9.48. The minimum absolute atomic E-state index is 0. The van der Waals surface area contributed by atoms with Crippen LogP contribution in [0.1, 0.15) is 18.4 Å². The first kappa shape index (κ1) is 24.0. The molecule has 164 valence electrons. The molecular formula is C22H30FIN4O2. The van der Waals surface area contributed by atoms with Gasteiger partial charge in [-0.2, -0.15) is 0 Å². The maximum atomic E-state index is 13.5. The van der Waals surface area contributed by atoms with Crippen molar-refractivity contribution < 1.29 is 14.2 Å². The number of benzene rings is 2. The molecule has 3 rings (SSSR count). The highest BCUT2D eigenvalue weighted by Gasteiger charge is 2.21. The number of aliphatic imine (C=N–C) groups is 1. The van der Waals surface area contributed by atoms with Crippen molar-refractivity contribution in [3.05, 3.63) is 53.8 Å². The highest BCUT2D eigenvalue weighted by Crippen LogP contribution is 2.23. The van der Waals surface area contributed by atoms with Gasteiger partial charge in [-0.1, -0.05) is 12.1 Å². The van der Waals surface area contributed by atoms with Crippen LogP contribution in [0.25, 0.3) is 0 Å². The standard InChI is InChI=1S/C22H29FN4O2.HI/c1-24-22(25-11-10-16-8-9-20(29-2)14-21(16)28)26-18-6-4-12-27(15-18)19-7-3-5-17(23)13-19;/h3,5,7-9,13-14,18,28H,4,6,10-12,15H2,1-2H3,(H2,24,25,26);1H. The lowest BCUT2D eigenvalue weighted by Gasteiger charge is -2.35. The number of rotatable bonds is 6. The molecule has 1 heterocycles. The Morgan fingerprint density at radius 3 is 2.83 bits per heavy atom. The van der Waals surface area contributed by atoms with Crippen molar-refractivity contribution in [1.82, 2.24) is 10.6 Å². The second-order valence-corrected chi connectivity index (χ2v) is 7.15. The van der Waals surface area contributed by atoms with Crippen LogP contribution in [-0.2, 0) is 6.42 Å². The van der Waals surface area contributed by atoms with E-state index < -0.39 is 0 Å². The van der Waals surface area contributed by atoms with E-state index in [1.807, 2.05) is 18.2 Å². The number of nitrogens with one attached hydrogen (secondary N) is 2. The molecule has 2 aromatic rings. The van der Waals surface area contributed by atoms with Gasteiger partial charge in [0, 0.05) is 44.5 Å². The lowest BCUT2D eigenvalue weighted by Crippen LogP contribution is -2.51. The summed E-state index contributed by atoms with van der Waals surface area (Å²) in [5, 5.41) is 16.8. The van der Waals surface area contributed by atoms with E-state index in [2.05, 4.69) is 20.5 Å². The van der Waals surface area contributed by atoms with Crippen LogP contribution in [0.4, 0.5) is 10.1 Å². The molecule has 3 N–H and O–H groups in total. The molecule has 0 spiro atoms. The van der Waals surface area contributed by atoms with Crippen molar-refractivity contribution in [2.75, 3.05) is 38.7 Å². The zero-order valence-electron chi connectivity index (χ0n) is 17.4. The van der Waals surface area contributed by atoms with Gasteiger partial charge in [-0.05, 0) is 49.1 Å². The fourth-order valence-electron chi connectivity index (χ4n) is 3.59. The Balaban J connectivity index is 0.00000320. The van der Waals surface area contributed by atoms with Crippen LogP contribution in [-0.4, -0.2) is 50.9 Å². The number of guanidine groups is 1. The molecule has 0 bridgehead atoms. The van der Waals surface area contributed by atoms with Gasteiger partial charge in [0.2, 0.25) is 0 Å². The van der Waals surface area contributed by atoms with Crippen LogP contribution in [0.2, 0.25) is 0 Å². The Morgan fingerprint density at radius 1 is 1.30 bits per heavy atom. The lowest BCUT2D eigenvalue weighted by atomic mass is 10.0. The summed E-state index contributed by atoms with van der Waals surface area (Å²) >= 11 is 0. The molecule has 8 heteroatoms. The Bertz CT molecular complexity index is 850. The Labute approximate surface area is 194 Å². The average molecular weight is 528 g/mol. The molecule has 2 aromatic carbocycles. The van der Waals surface area contributed by atoms with E-state index in [9.17, 15) is 9.50 Å². The number of phenols is 1. The first-order chi connectivity index (χ1) is 14.1. The maximum Gasteiger partial charge on any atom is 0.191 e. The van der Waals surface area contributed by atoms with Crippen LogP contribution >= 0.6 is 24.0 Å². The summed E-state index contributed by atoms with van der Waals surface area (Å²) in [6.45, 7) is 2.35. The van der Waals surface area contributed by atoms with Gasteiger partial charge in [-0.25, -0.2) is 4.39 Å². The van der Waals surface area contributed by atoms with Gasteiger partial charge >= 0.3 is 0 Å². The van der Waals surface area contributed by atoms with Gasteiger partial charge in [0.1, 0.15) is 17.3 Å². The second kappa shape index (κ2) is 11.8. The van der Waals surface area contributed by atoms with E-state index in [0.717, 1.165) is 43.1 Å². The summed E-state index contributed by atoms with van der Waals surface area (Å²) in [6.07, 6.45) is 2.73. The van der Waals surface area contributed by atoms with Crippen LogP contribution in [0, 0.1) is 5.82 Å². The van der Waals surface area contributed by atoms with E-state index in [1.54, 1.807) is 32.4 Å². The van der Waals surface area contributed by atoms with Crippen molar-refractivity contribution in [3.63, 3.8) is 0 Å². The normalized spacial score (nSPS) is 16.6. The molecule has 1 atom stereocenters. The zero-order valence-corrected chi connectivity index (χ0v) is 19.7. The van der Waals surface area contributed by atoms with Crippen molar-refractivity contribution >= 4 is 35.6 Å².